The number of hydrogen-bond donors (Lipinski definition) is 0. The van der Waals surface area contributed by atoms with Crippen molar-refractivity contribution in [1.29, 1.82) is 0 Å². The molecule has 1 aromatic carbocycles. The number of anilines is 1. The van der Waals surface area contributed by atoms with Crippen molar-refractivity contribution in [3.63, 3.8) is 0 Å². The molecule has 0 unspecified atom stereocenters. The van der Waals surface area contributed by atoms with Gasteiger partial charge in [0.05, 0.1) is 6.67 Å². The third kappa shape index (κ3) is 1.58. The molecule has 3 heteroatoms. The summed E-state index contributed by atoms with van der Waals surface area (Å²) in [4.78, 5) is 4.16. The summed E-state index contributed by atoms with van der Waals surface area (Å²) in [6.45, 7) is 2.75. The highest BCUT2D eigenvalue weighted by Crippen LogP contribution is 2.23. The summed E-state index contributed by atoms with van der Waals surface area (Å²) in [6.07, 6.45) is 4.00. The fourth-order valence-corrected chi connectivity index (χ4v) is 1.63. The first-order chi connectivity index (χ1) is 6.66. The van der Waals surface area contributed by atoms with E-state index >= 15 is 0 Å². The first-order valence-corrected chi connectivity index (χ1v) is 4.58. The zero-order chi connectivity index (χ0) is 10.1. The Hall–Kier alpha value is -1.51. The third-order valence-electron chi connectivity index (χ3n) is 2.34. The first-order valence-electron chi connectivity index (χ1n) is 4.58. The molecule has 0 bridgehead atoms. The maximum absolute atomic E-state index is 12.9. The van der Waals surface area contributed by atoms with Gasteiger partial charge >= 0.3 is 0 Å². The van der Waals surface area contributed by atoms with Gasteiger partial charge in [-0.1, -0.05) is 0 Å². The Bertz CT molecular complexity index is 374. The minimum absolute atomic E-state index is 0.178. The molecule has 1 aromatic rings. The molecule has 2 rings (SSSR count). The molecule has 0 aromatic heterocycles. The van der Waals surface area contributed by atoms with Crippen LogP contribution in [-0.2, 0) is 0 Å². The van der Waals surface area contributed by atoms with Crippen molar-refractivity contribution < 1.29 is 4.39 Å². The predicted octanol–water partition coefficient (Wildman–Crippen LogP) is 2.31. The summed E-state index contributed by atoms with van der Waals surface area (Å²) in [5.74, 6) is -0.178. The highest BCUT2D eigenvalue weighted by atomic mass is 19.1. The number of rotatable bonds is 1. The molecule has 0 atom stereocenters. The normalized spacial score (nSPS) is 15.4. The number of halogens is 1. The van der Waals surface area contributed by atoms with Crippen LogP contribution in [-0.4, -0.2) is 18.6 Å². The summed E-state index contributed by atoms with van der Waals surface area (Å²) >= 11 is 0. The van der Waals surface area contributed by atoms with Gasteiger partial charge in [-0.15, -0.1) is 0 Å². The van der Waals surface area contributed by atoms with E-state index in [0.29, 0.717) is 0 Å². The van der Waals surface area contributed by atoms with Crippen molar-refractivity contribution in [3.05, 3.63) is 42.0 Å². The maximum atomic E-state index is 12.9. The lowest BCUT2D eigenvalue weighted by Crippen LogP contribution is -2.22. The van der Waals surface area contributed by atoms with E-state index in [1.54, 1.807) is 6.07 Å². The van der Waals surface area contributed by atoms with Gasteiger partial charge < -0.3 is 9.80 Å². The summed E-state index contributed by atoms with van der Waals surface area (Å²) in [5, 5.41) is 0. The van der Waals surface area contributed by atoms with E-state index in [9.17, 15) is 4.39 Å². The Morgan fingerprint density at radius 1 is 1.29 bits per heavy atom. The van der Waals surface area contributed by atoms with Crippen LogP contribution >= 0.6 is 0 Å². The minimum atomic E-state index is -0.178. The molecule has 1 aliphatic rings. The SMILES string of the molecule is Cc1cc(F)ccc1N1C=CN(C)C1. The molecule has 0 N–H and O–H groups in total. The van der Waals surface area contributed by atoms with Crippen molar-refractivity contribution in [3.8, 4) is 0 Å². The van der Waals surface area contributed by atoms with Crippen molar-refractivity contribution in [2.24, 2.45) is 0 Å². The monoisotopic (exact) mass is 192 g/mol. The number of nitrogens with zero attached hydrogens (tertiary/aromatic N) is 2. The van der Waals surface area contributed by atoms with Gasteiger partial charge in [-0.3, -0.25) is 0 Å². The van der Waals surface area contributed by atoms with Crippen LogP contribution in [0.25, 0.3) is 0 Å². The molecule has 0 saturated carbocycles. The minimum Gasteiger partial charge on any atom is -0.361 e. The molecule has 0 radical (unpaired) electrons. The zero-order valence-corrected chi connectivity index (χ0v) is 8.37. The first kappa shape index (κ1) is 9.06. The second-order valence-corrected chi connectivity index (χ2v) is 3.60. The number of benzene rings is 1. The van der Waals surface area contributed by atoms with Gasteiger partial charge in [0.2, 0.25) is 0 Å². The fraction of sp³-hybridized carbons (Fsp3) is 0.273. The molecule has 0 spiro atoms. The molecule has 0 fully saturated rings. The topological polar surface area (TPSA) is 6.48 Å². The van der Waals surface area contributed by atoms with Crippen LogP contribution in [0.2, 0.25) is 0 Å². The van der Waals surface area contributed by atoms with Gasteiger partial charge in [-0.2, -0.15) is 0 Å². The quantitative estimate of drug-likeness (QED) is 0.673. The molecule has 0 aliphatic carbocycles. The smallest absolute Gasteiger partial charge is 0.123 e. The molecule has 1 heterocycles. The summed E-state index contributed by atoms with van der Waals surface area (Å²) in [5.41, 5.74) is 2.02. The third-order valence-corrected chi connectivity index (χ3v) is 2.34. The lowest BCUT2D eigenvalue weighted by Gasteiger charge is -2.20. The summed E-state index contributed by atoms with van der Waals surface area (Å²) in [6, 6.07) is 4.87. The predicted molar refractivity (Wildman–Crippen MR) is 55.4 cm³/mol. The van der Waals surface area contributed by atoms with Gasteiger partial charge in [0.1, 0.15) is 5.82 Å². The zero-order valence-electron chi connectivity index (χ0n) is 8.37. The van der Waals surface area contributed by atoms with Crippen molar-refractivity contribution in [2.75, 3.05) is 18.6 Å². The van der Waals surface area contributed by atoms with Crippen LogP contribution in [0.4, 0.5) is 10.1 Å². The second kappa shape index (κ2) is 3.33. The number of hydrogen-bond acceptors (Lipinski definition) is 2. The Labute approximate surface area is 83.2 Å². The van der Waals surface area contributed by atoms with Gasteiger partial charge in [0.25, 0.3) is 0 Å². The molecule has 0 amide bonds. The van der Waals surface area contributed by atoms with Gasteiger partial charge in [0.15, 0.2) is 0 Å². The van der Waals surface area contributed by atoms with Crippen LogP contribution in [0.5, 0.6) is 0 Å². The van der Waals surface area contributed by atoms with Crippen molar-refractivity contribution in [1.82, 2.24) is 4.90 Å². The van der Waals surface area contributed by atoms with Crippen LogP contribution < -0.4 is 4.90 Å². The van der Waals surface area contributed by atoms with E-state index in [0.717, 1.165) is 17.9 Å². The standard InChI is InChI=1S/C11H13FN2/c1-9-7-10(12)3-4-11(9)14-6-5-13(2)8-14/h3-7H,8H2,1-2H3. The van der Waals surface area contributed by atoms with Crippen LogP contribution in [0.15, 0.2) is 30.6 Å². The molecule has 2 nitrogen and oxygen atoms in total. The Kier molecular flexibility index (Phi) is 2.15. The van der Waals surface area contributed by atoms with E-state index in [4.69, 9.17) is 0 Å². The highest BCUT2D eigenvalue weighted by Gasteiger charge is 2.12. The number of aryl methyl sites for hydroxylation is 1. The van der Waals surface area contributed by atoms with Crippen molar-refractivity contribution >= 4 is 5.69 Å². The van der Waals surface area contributed by atoms with E-state index in [1.165, 1.54) is 6.07 Å². The largest absolute Gasteiger partial charge is 0.361 e. The molecule has 74 valence electrons. The average Bonchev–Trinajstić information content (AvgIpc) is 2.51. The Morgan fingerprint density at radius 2 is 2.07 bits per heavy atom. The van der Waals surface area contributed by atoms with E-state index in [2.05, 4.69) is 9.80 Å². The lowest BCUT2D eigenvalue weighted by molar-refractivity contribution is 0.495. The lowest BCUT2D eigenvalue weighted by atomic mass is 10.2. The summed E-state index contributed by atoms with van der Waals surface area (Å²) in [7, 11) is 2.01. The molecule has 0 saturated heterocycles. The Balaban J connectivity index is 2.29. The van der Waals surface area contributed by atoms with Gasteiger partial charge in [-0.25, -0.2) is 4.39 Å². The Morgan fingerprint density at radius 3 is 2.64 bits per heavy atom. The van der Waals surface area contributed by atoms with E-state index in [1.807, 2.05) is 32.4 Å². The fourth-order valence-electron chi connectivity index (χ4n) is 1.63. The van der Waals surface area contributed by atoms with Gasteiger partial charge in [0, 0.05) is 25.1 Å². The van der Waals surface area contributed by atoms with Crippen LogP contribution in [0, 0.1) is 12.7 Å². The average molecular weight is 192 g/mol. The molecule has 1 aliphatic heterocycles. The molecular weight excluding hydrogens is 179 g/mol. The van der Waals surface area contributed by atoms with Crippen LogP contribution in [0.3, 0.4) is 0 Å². The molecule has 14 heavy (non-hydrogen) atoms. The van der Waals surface area contributed by atoms with E-state index < -0.39 is 0 Å². The van der Waals surface area contributed by atoms with Crippen molar-refractivity contribution in [2.45, 2.75) is 6.92 Å². The second-order valence-electron chi connectivity index (χ2n) is 3.60. The van der Waals surface area contributed by atoms with E-state index in [-0.39, 0.29) is 5.82 Å². The maximum Gasteiger partial charge on any atom is 0.123 e. The van der Waals surface area contributed by atoms with Crippen LogP contribution in [0.1, 0.15) is 5.56 Å². The van der Waals surface area contributed by atoms with Gasteiger partial charge in [-0.05, 0) is 30.7 Å². The highest BCUT2D eigenvalue weighted by molar-refractivity contribution is 5.56. The summed E-state index contributed by atoms with van der Waals surface area (Å²) < 4.78 is 12.9. The molecular formula is C11H13FN2.